The van der Waals surface area contributed by atoms with Gasteiger partial charge in [0.15, 0.2) is 0 Å². The first-order valence-corrected chi connectivity index (χ1v) is 9.75. The molecule has 1 aliphatic heterocycles. The van der Waals surface area contributed by atoms with E-state index < -0.39 is 6.10 Å². The van der Waals surface area contributed by atoms with E-state index in [0.29, 0.717) is 24.1 Å². The molecule has 30 heavy (non-hydrogen) atoms. The number of halogens is 2. The minimum Gasteiger partial charge on any atom is -0.508 e. The van der Waals surface area contributed by atoms with Crippen molar-refractivity contribution in [1.29, 1.82) is 0 Å². The summed E-state index contributed by atoms with van der Waals surface area (Å²) in [4.78, 5) is 14.6. The monoisotopic (exact) mass is 415 g/mol. The smallest absolute Gasteiger partial charge is 0.233 e. The quantitative estimate of drug-likeness (QED) is 0.564. The number of anilines is 1. The number of carbonyl (C=O) groups excluding carboxylic acids is 1. The van der Waals surface area contributed by atoms with Crippen LogP contribution < -0.4 is 4.90 Å². The van der Waals surface area contributed by atoms with E-state index in [0.717, 1.165) is 5.56 Å². The van der Waals surface area contributed by atoms with Gasteiger partial charge in [0.1, 0.15) is 17.4 Å². The van der Waals surface area contributed by atoms with E-state index in [1.165, 1.54) is 36.4 Å². The molecule has 1 aliphatic rings. The molecule has 4 rings (SSSR count). The molecule has 4 nitrogen and oxygen atoms in total. The molecule has 3 aromatic carbocycles. The van der Waals surface area contributed by atoms with E-state index in [1.807, 2.05) is 0 Å². The van der Waals surface area contributed by atoms with E-state index in [1.54, 1.807) is 41.3 Å². The lowest BCUT2D eigenvalue weighted by Gasteiger charge is -2.48. The molecule has 0 bridgehead atoms. The summed E-state index contributed by atoms with van der Waals surface area (Å²) in [6, 6.07) is 17.7. The van der Waals surface area contributed by atoms with E-state index in [-0.39, 0.29) is 35.3 Å². The first-order chi connectivity index (χ1) is 14.4. The van der Waals surface area contributed by atoms with Gasteiger partial charge in [0, 0.05) is 5.69 Å². The first kappa shape index (κ1) is 20.0. The van der Waals surface area contributed by atoms with Crippen molar-refractivity contribution in [2.75, 3.05) is 4.90 Å². The van der Waals surface area contributed by atoms with Gasteiger partial charge >= 0.3 is 0 Å². The molecule has 6 heteroatoms. The summed E-state index contributed by atoms with van der Waals surface area (Å²) >= 11 is 0. The van der Waals surface area contributed by atoms with Gasteiger partial charge < -0.3 is 15.1 Å². The number of rotatable bonds is 6. The zero-order valence-electron chi connectivity index (χ0n) is 16.1. The zero-order chi connectivity index (χ0) is 21.3. The Morgan fingerprint density at radius 3 is 2.03 bits per heavy atom. The van der Waals surface area contributed by atoms with E-state index in [4.69, 9.17) is 0 Å². The van der Waals surface area contributed by atoms with E-state index >= 15 is 0 Å². The molecule has 154 valence electrons. The number of benzene rings is 3. The second kappa shape index (κ2) is 8.24. The molecule has 3 aromatic rings. The minimum absolute atomic E-state index is 0.106. The van der Waals surface area contributed by atoms with Crippen LogP contribution in [0.25, 0.3) is 0 Å². The highest BCUT2D eigenvalue weighted by Crippen LogP contribution is 2.46. The van der Waals surface area contributed by atoms with Crippen LogP contribution in [0.4, 0.5) is 14.5 Å². The number of hydrogen-bond donors (Lipinski definition) is 2. The van der Waals surface area contributed by atoms with Gasteiger partial charge in [-0.25, -0.2) is 8.78 Å². The Morgan fingerprint density at radius 2 is 1.43 bits per heavy atom. The van der Waals surface area contributed by atoms with Crippen molar-refractivity contribution < 1.29 is 23.8 Å². The van der Waals surface area contributed by atoms with Crippen molar-refractivity contribution in [2.45, 2.75) is 25.0 Å². The lowest BCUT2D eigenvalue weighted by atomic mass is 9.84. The number of hydrogen-bond acceptors (Lipinski definition) is 3. The van der Waals surface area contributed by atoms with Gasteiger partial charge in [0.25, 0.3) is 0 Å². The standard InChI is InChI=1S/C24H21F2NO3/c25-17-5-1-15(2-6-17)22(29)14-13-21-23(16-3-11-20(28)12-4-16)27(24(21)30)19-9-7-18(26)8-10-19/h1-12,21-23,28-29H,13-14H2/i3+1,4+1,11+1,12+1,16+1,20+1. The Morgan fingerprint density at radius 1 is 0.867 bits per heavy atom. The summed E-state index contributed by atoms with van der Waals surface area (Å²) in [7, 11) is 0. The number of phenols is 1. The summed E-state index contributed by atoms with van der Waals surface area (Å²) in [6.07, 6.45) is -0.0344. The van der Waals surface area contributed by atoms with Crippen molar-refractivity contribution in [1.82, 2.24) is 0 Å². The number of amides is 1. The maximum Gasteiger partial charge on any atom is 0.233 e. The topological polar surface area (TPSA) is 60.8 Å². The van der Waals surface area contributed by atoms with Gasteiger partial charge in [0.2, 0.25) is 5.91 Å². The largest absolute Gasteiger partial charge is 0.508 e. The SMILES string of the molecule is O=C1C(CCC(O)c2ccc(F)cc2)C([13c]2[13cH][13cH][13c](O)[13cH][13cH]2)N1c1ccc(F)cc1. The average Bonchev–Trinajstić information content (AvgIpc) is 2.74. The number of nitrogens with zero attached hydrogens (tertiary/aromatic N) is 1. The summed E-state index contributed by atoms with van der Waals surface area (Å²) in [5.74, 6) is -1.10. The molecule has 1 fully saturated rings. The van der Waals surface area contributed by atoms with Gasteiger partial charge in [-0.3, -0.25) is 4.79 Å². The van der Waals surface area contributed by atoms with Crippen LogP contribution in [0.3, 0.4) is 0 Å². The fraction of sp³-hybridized carbons (Fsp3) is 0.208. The summed E-state index contributed by atoms with van der Waals surface area (Å²) in [6.45, 7) is 0. The van der Waals surface area contributed by atoms with Gasteiger partial charge in [0.05, 0.1) is 18.1 Å². The average molecular weight is 415 g/mol. The summed E-state index contributed by atoms with van der Waals surface area (Å²) < 4.78 is 26.4. The fourth-order valence-electron chi connectivity index (χ4n) is 3.96. The molecule has 3 unspecified atom stereocenters. The van der Waals surface area contributed by atoms with Crippen molar-refractivity contribution >= 4 is 11.6 Å². The van der Waals surface area contributed by atoms with Crippen LogP contribution in [-0.2, 0) is 4.79 Å². The molecule has 0 radical (unpaired) electrons. The van der Waals surface area contributed by atoms with E-state index in [9.17, 15) is 23.8 Å². The normalized spacial score (nSPS) is 19.4. The molecule has 2 N–H and O–H groups in total. The fourth-order valence-corrected chi connectivity index (χ4v) is 3.96. The number of aliphatic hydroxyl groups excluding tert-OH is 1. The number of carbonyl (C=O) groups is 1. The zero-order valence-corrected chi connectivity index (χ0v) is 16.1. The predicted octanol–water partition coefficient (Wildman–Crippen LogP) is 4.89. The van der Waals surface area contributed by atoms with Crippen LogP contribution in [0, 0.1) is 17.6 Å². The molecule has 1 heterocycles. The predicted molar refractivity (Wildman–Crippen MR) is 109 cm³/mol. The molecule has 1 saturated heterocycles. The molecule has 1 amide bonds. The van der Waals surface area contributed by atoms with Crippen LogP contribution >= 0.6 is 0 Å². The lowest BCUT2D eigenvalue weighted by Crippen LogP contribution is -2.55. The Labute approximate surface area is 173 Å². The molecule has 0 aliphatic carbocycles. The Kier molecular flexibility index (Phi) is 5.50. The van der Waals surface area contributed by atoms with Gasteiger partial charge in [-0.2, -0.15) is 0 Å². The van der Waals surface area contributed by atoms with Crippen LogP contribution in [0.1, 0.15) is 36.1 Å². The van der Waals surface area contributed by atoms with Crippen LogP contribution in [-0.4, -0.2) is 16.1 Å². The maximum absolute atomic E-state index is 13.3. The van der Waals surface area contributed by atoms with Crippen molar-refractivity contribution in [3.63, 3.8) is 0 Å². The third kappa shape index (κ3) is 3.91. The molecule has 0 spiro atoms. The highest BCUT2D eigenvalue weighted by molar-refractivity contribution is 6.03. The van der Waals surface area contributed by atoms with Crippen LogP contribution in [0.5, 0.6) is 5.75 Å². The van der Waals surface area contributed by atoms with Crippen molar-refractivity contribution in [3.8, 4) is 5.75 Å². The third-order valence-corrected chi connectivity index (χ3v) is 5.56. The summed E-state index contributed by atoms with van der Waals surface area (Å²) in [5, 5.41) is 20.1. The number of phenolic OH excluding ortho intramolecular Hbond substituents is 1. The molecular formula is C24H21F2NO3. The van der Waals surface area contributed by atoms with Crippen LogP contribution in [0.15, 0.2) is 72.8 Å². The lowest BCUT2D eigenvalue weighted by molar-refractivity contribution is -0.131. The maximum atomic E-state index is 13.3. The Hall–Kier alpha value is -3.25. The Balaban J connectivity index is 1.55. The first-order valence-electron chi connectivity index (χ1n) is 9.75. The summed E-state index contributed by atoms with van der Waals surface area (Å²) in [5.41, 5.74) is 2.03. The van der Waals surface area contributed by atoms with Crippen LogP contribution in [0.2, 0.25) is 0 Å². The van der Waals surface area contributed by atoms with Gasteiger partial charge in [-0.05, 0) is 72.5 Å². The second-order valence-corrected chi connectivity index (χ2v) is 7.47. The molecule has 0 aromatic heterocycles. The van der Waals surface area contributed by atoms with Gasteiger partial charge in [-0.1, -0.05) is 24.3 Å². The molecule has 0 saturated carbocycles. The highest BCUT2D eigenvalue weighted by Gasteiger charge is 2.48. The van der Waals surface area contributed by atoms with Gasteiger partial charge in [-0.15, -0.1) is 0 Å². The number of aromatic hydroxyl groups is 1. The van der Waals surface area contributed by atoms with Crippen molar-refractivity contribution in [3.05, 3.63) is 95.6 Å². The molecule has 3 atom stereocenters. The third-order valence-electron chi connectivity index (χ3n) is 5.56. The molecular weight excluding hydrogens is 394 g/mol. The van der Waals surface area contributed by atoms with Crippen molar-refractivity contribution in [2.24, 2.45) is 5.92 Å². The number of β-lactam (4-membered cyclic amide) rings is 1. The number of aliphatic hydroxyl groups is 1. The minimum atomic E-state index is -0.807. The second-order valence-electron chi connectivity index (χ2n) is 7.47. The highest BCUT2D eigenvalue weighted by atomic mass is 19.1. The van der Waals surface area contributed by atoms with E-state index in [2.05, 4.69) is 0 Å². The Bertz CT molecular complexity index is 1020.